The molecule has 0 aromatic carbocycles. The predicted molar refractivity (Wildman–Crippen MR) is 70.7 cm³/mol. The summed E-state index contributed by atoms with van der Waals surface area (Å²) in [7, 11) is -2.86. The highest BCUT2D eigenvalue weighted by atomic mass is 32.2. The monoisotopic (exact) mass is 277 g/mol. The number of amides is 1. The van der Waals surface area contributed by atoms with Crippen molar-refractivity contribution in [3.63, 3.8) is 0 Å². The van der Waals surface area contributed by atoms with Gasteiger partial charge in [0.1, 0.15) is 0 Å². The van der Waals surface area contributed by atoms with Gasteiger partial charge in [0.15, 0.2) is 9.84 Å². The van der Waals surface area contributed by atoms with Crippen LogP contribution in [0.4, 0.5) is 0 Å². The normalized spacial score (nSPS) is 24.1. The van der Waals surface area contributed by atoms with Gasteiger partial charge in [-0.25, -0.2) is 8.42 Å². The lowest BCUT2D eigenvalue weighted by atomic mass is 9.96. The lowest BCUT2D eigenvalue weighted by molar-refractivity contribution is -0.122. The molecular formula is C11H23N3O3S. The molecule has 7 heteroatoms. The van der Waals surface area contributed by atoms with Crippen molar-refractivity contribution in [3.8, 4) is 0 Å². The van der Waals surface area contributed by atoms with Gasteiger partial charge in [0, 0.05) is 6.54 Å². The van der Waals surface area contributed by atoms with Crippen LogP contribution in [0, 0.1) is 0 Å². The molecule has 1 saturated heterocycles. The molecule has 0 spiro atoms. The van der Waals surface area contributed by atoms with Gasteiger partial charge in [-0.15, -0.1) is 0 Å². The molecule has 1 aliphatic rings. The second-order valence-corrected chi connectivity index (χ2v) is 7.54. The zero-order chi connectivity index (χ0) is 13.8. The third kappa shape index (κ3) is 4.91. The molecule has 1 atom stereocenters. The van der Waals surface area contributed by atoms with Crippen molar-refractivity contribution in [1.82, 2.24) is 4.90 Å². The van der Waals surface area contributed by atoms with E-state index in [4.69, 9.17) is 11.5 Å². The molecule has 0 aliphatic carbocycles. The molecule has 1 heterocycles. The summed E-state index contributed by atoms with van der Waals surface area (Å²) in [5.74, 6) is 0.00296. The lowest BCUT2D eigenvalue weighted by Crippen LogP contribution is -2.49. The van der Waals surface area contributed by atoms with E-state index in [1.165, 1.54) is 0 Å². The Hall–Kier alpha value is -0.660. The van der Waals surface area contributed by atoms with Gasteiger partial charge in [-0.2, -0.15) is 0 Å². The van der Waals surface area contributed by atoms with E-state index in [2.05, 4.69) is 4.90 Å². The van der Waals surface area contributed by atoms with E-state index in [1.54, 1.807) is 6.92 Å². The van der Waals surface area contributed by atoms with Crippen LogP contribution in [0.15, 0.2) is 0 Å². The number of hydrogen-bond acceptors (Lipinski definition) is 5. The third-order valence-electron chi connectivity index (χ3n) is 3.38. The summed E-state index contributed by atoms with van der Waals surface area (Å²) >= 11 is 0. The molecule has 1 aliphatic heterocycles. The van der Waals surface area contributed by atoms with Crippen molar-refractivity contribution >= 4 is 15.7 Å². The molecule has 0 bridgehead atoms. The highest BCUT2D eigenvalue weighted by Gasteiger charge is 2.25. The fourth-order valence-corrected chi connectivity index (χ4v) is 3.32. The first-order valence-corrected chi connectivity index (χ1v) is 8.07. The maximum absolute atomic E-state index is 11.4. The number of rotatable bonds is 5. The molecule has 0 aromatic heterocycles. The van der Waals surface area contributed by atoms with E-state index in [0.717, 1.165) is 19.5 Å². The standard InChI is InChI=1S/C11H23N3O3S/c1-11(13,10(12)15)4-2-5-14-6-3-8-18(16,17)9-7-14/h2-9,13H2,1H3,(H2,12,15). The van der Waals surface area contributed by atoms with E-state index >= 15 is 0 Å². The van der Waals surface area contributed by atoms with Crippen molar-refractivity contribution in [1.29, 1.82) is 0 Å². The molecule has 18 heavy (non-hydrogen) atoms. The first-order valence-electron chi connectivity index (χ1n) is 6.24. The van der Waals surface area contributed by atoms with Crippen LogP contribution in [0.2, 0.25) is 0 Å². The minimum atomic E-state index is -2.86. The molecule has 1 fully saturated rings. The van der Waals surface area contributed by atoms with Gasteiger partial charge in [-0.05, 0) is 39.3 Å². The van der Waals surface area contributed by atoms with Gasteiger partial charge in [0.25, 0.3) is 0 Å². The minimum Gasteiger partial charge on any atom is -0.368 e. The molecule has 0 saturated carbocycles. The van der Waals surface area contributed by atoms with E-state index in [1.807, 2.05) is 0 Å². The largest absolute Gasteiger partial charge is 0.368 e. The Kier molecular flexibility index (Phi) is 5.12. The summed E-state index contributed by atoms with van der Waals surface area (Å²) in [4.78, 5) is 13.2. The van der Waals surface area contributed by atoms with Crippen molar-refractivity contribution < 1.29 is 13.2 Å². The van der Waals surface area contributed by atoms with Crippen LogP contribution in [0.5, 0.6) is 0 Å². The SMILES string of the molecule is CC(N)(CCCN1CCCS(=O)(=O)CC1)C(N)=O. The molecule has 0 aromatic rings. The maximum Gasteiger partial charge on any atom is 0.237 e. The molecule has 6 nitrogen and oxygen atoms in total. The van der Waals surface area contributed by atoms with Gasteiger partial charge in [0.2, 0.25) is 5.91 Å². The zero-order valence-electron chi connectivity index (χ0n) is 10.9. The third-order valence-corrected chi connectivity index (χ3v) is 5.10. The van der Waals surface area contributed by atoms with Crippen LogP contribution in [0.3, 0.4) is 0 Å². The van der Waals surface area contributed by atoms with E-state index in [9.17, 15) is 13.2 Å². The van der Waals surface area contributed by atoms with Crippen LogP contribution in [-0.2, 0) is 14.6 Å². The number of sulfone groups is 1. The predicted octanol–water partition coefficient (Wildman–Crippen LogP) is -0.910. The van der Waals surface area contributed by atoms with Crippen LogP contribution < -0.4 is 11.5 Å². The maximum atomic E-state index is 11.4. The molecular weight excluding hydrogens is 254 g/mol. The quantitative estimate of drug-likeness (QED) is 0.676. The van der Waals surface area contributed by atoms with Crippen molar-refractivity contribution in [2.75, 3.05) is 31.1 Å². The Labute approximate surface area is 109 Å². The fourth-order valence-electron chi connectivity index (χ4n) is 2.01. The van der Waals surface area contributed by atoms with Gasteiger partial charge >= 0.3 is 0 Å². The van der Waals surface area contributed by atoms with Crippen LogP contribution in [0.25, 0.3) is 0 Å². The van der Waals surface area contributed by atoms with Gasteiger partial charge in [-0.3, -0.25) is 4.79 Å². The van der Waals surface area contributed by atoms with Gasteiger partial charge in [0.05, 0.1) is 17.0 Å². The van der Waals surface area contributed by atoms with Crippen LogP contribution in [-0.4, -0.2) is 55.9 Å². The topological polar surface area (TPSA) is 106 Å². The van der Waals surface area contributed by atoms with Crippen molar-refractivity contribution in [2.24, 2.45) is 11.5 Å². The summed E-state index contributed by atoms with van der Waals surface area (Å²) in [5.41, 5.74) is 9.98. The second-order valence-electron chi connectivity index (χ2n) is 5.23. The lowest BCUT2D eigenvalue weighted by Gasteiger charge is -2.23. The Morgan fingerprint density at radius 3 is 2.61 bits per heavy atom. The van der Waals surface area contributed by atoms with Gasteiger partial charge in [-0.1, -0.05) is 0 Å². The van der Waals surface area contributed by atoms with Crippen molar-refractivity contribution in [2.45, 2.75) is 31.7 Å². The van der Waals surface area contributed by atoms with E-state index in [-0.39, 0.29) is 11.5 Å². The van der Waals surface area contributed by atoms with Gasteiger partial charge < -0.3 is 16.4 Å². The molecule has 4 N–H and O–H groups in total. The number of nitrogens with two attached hydrogens (primary N) is 2. The smallest absolute Gasteiger partial charge is 0.237 e. The Morgan fingerprint density at radius 1 is 1.33 bits per heavy atom. The molecule has 0 radical (unpaired) electrons. The fraction of sp³-hybridized carbons (Fsp3) is 0.909. The Balaban J connectivity index is 2.34. The molecule has 1 amide bonds. The number of primary amides is 1. The Bertz CT molecular complexity index is 392. The second kappa shape index (κ2) is 5.99. The van der Waals surface area contributed by atoms with Crippen molar-refractivity contribution in [3.05, 3.63) is 0 Å². The molecule has 106 valence electrons. The first kappa shape index (κ1) is 15.4. The van der Waals surface area contributed by atoms with Crippen LogP contribution in [0.1, 0.15) is 26.2 Å². The molecule has 1 unspecified atom stereocenters. The highest BCUT2D eigenvalue weighted by molar-refractivity contribution is 7.91. The van der Waals surface area contributed by atoms with E-state index < -0.39 is 21.3 Å². The van der Waals surface area contributed by atoms with E-state index in [0.29, 0.717) is 19.4 Å². The number of nitrogens with zero attached hydrogens (tertiary/aromatic N) is 1. The molecule has 1 rings (SSSR count). The number of carbonyl (C=O) groups is 1. The summed E-state index contributed by atoms with van der Waals surface area (Å²) in [6.45, 7) is 3.75. The first-order chi connectivity index (χ1) is 8.23. The summed E-state index contributed by atoms with van der Waals surface area (Å²) < 4.78 is 22.9. The van der Waals surface area contributed by atoms with Crippen LogP contribution >= 0.6 is 0 Å². The minimum absolute atomic E-state index is 0.225. The average molecular weight is 277 g/mol. The average Bonchev–Trinajstić information content (AvgIpc) is 2.40. The summed E-state index contributed by atoms with van der Waals surface area (Å²) in [6.07, 6.45) is 1.94. The summed E-state index contributed by atoms with van der Waals surface area (Å²) in [6, 6.07) is 0. The number of carbonyl (C=O) groups excluding carboxylic acids is 1. The zero-order valence-corrected chi connectivity index (χ0v) is 11.7. The highest BCUT2D eigenvalue weighted by Crippen LogP contribution is 2.11. The summed E-state index contributed by atoms with van der Waals surface area (Å²) in [5, 5.41) is 0. The number of hydrogen-bond donors (Lipinski definition) is 2. The Morgan fingerprint density at radius 2 is 2.00 bits per heavy atom.